The highest BCUT2D eigenvalue weighted by Gasteiger charge is 2.39. The quantitative estimate of drug-likeness (QED) is 0.779. The maximum atomic E-state index is 11.3. The van der Waals surface area contributed by atoms with Crippen molar-refractivity contribution in [2.45, 2.75) is 38.5 Å². The molecule has 2 aliphatic rings. The first-order valence-corrected chi connectivity index (χ1v) is 7.16. The maximum Gasteiger partial charge on any atom is 0.221 e. The van der Waals surface area contributed by atoms with Crippen LogP contribution in [0.1, 0.15) is 38.5 Å². The Morgan fingerprint density at radius 1 is 1.44 bits per heavy atom. The lowest BCUT2D eigenvalue weighted by molar-refractivity contribution is -0.123. The highest BCUT2D eigenvalue weighted by Crippen LogP contribution is 2.45. The summed E-state index contributed by atoms with van der Waals surface area (Å²) in [6.45, 7) is 3.97. The van der Waals surface area contributed by atoms with E-state index in [1.54, 1.807) is 7.11 Å². The van der Waals surface area contributed by atoms with Crippen molar-refractivity contribution in [2.24, 2.45) is 17.1 Å². The average molecular weight is 254 g/mol. The number of hydrogen-bond donors (Lipinski definition) is 1. The Balaban J connectivity index is 1.85. The lowest BCUT2D eigenvalue weighted by Crippen LogP contribution is -2.48. The summed E-state index contributed by atoms with van der Waals surface area (Å²) in [5.41, 5.74) is 5.89. The van der Waals surface area contributed by atoms with Crippen LogP contribution in [0.3, 0.4) is 0 Å². The summed E-state index contributed by atoms with van der Waals surface area (Å²) in [5, 5.41) is 0. The van der Waals surface area contributed by atoms with Gasteiger partial charge in [0, 0.05) is 26.8 Å². The standard InChI is InChI=1S/C14H26N2O2/c1-18-9-7-14(5-3-6-14)11-16-8-2-4-12(10-16)13(15)17/h12H,2-11H2,1H3,(H2,15,17). The number of carbonyl (C=O) groups excluding carboxylic acids is 1. The van der Waals surface area contributed by atoms with Gasteiger partial charge >= 0.3 is 0 Å². The number of nitrogens with two attached hydrogens (primary N) is 1. The molecule has 104 valence electrons. The van der Waals surface area contributed by atoms with E-state index >= 15 is 0 Å². The zero-order valence-electron chi connectivity index (χ0n) is 11.5. The third-order valence-electron chi connectivity index (χ3n) is 4.72. The van der Waals surface area contributed by atoms with Crippen molar-refractivity contribution in [3.63, 3.8) is 0 Å². The summed E-state index contributed by atoms with van der Waals surface area (Å²) in [5.74, 6) is -0.0578. The Morgan fingerprint density at radius 2 is 2.22 bits per heavy atom. The van der Waals surface area contributed by atoms with E-state index in [1.807, 2.05) is 0 Å². The number of amides is 1. The largest absolute Gasteiger partial charge is 0.385 e. The number of ether oxygens (including phenoxy) is 1. The fraction of sp³-hybridized carbons (Fsp3) is 0.929. The van der Waals surface area contributed by atoms with Gasteiger partial charge < -0.3 is 15.4 Å². The van der Waals surface area contributed by atoms with Crippen LogP contribution in [0, 0.1) is 11.3 Å². The van der Waals surface area contributed by atoms with E-state index in [0.717, 1.165) is 45.5 Å². The van der Waals surface area contributed by atoms with Crippen LogP contribution >= 0.6 is 0 Å². The van der Waals surface area contributed by atoms with E-state index in [-0.39, 0.29) is 11.8 Å². The topological polar surface area (TPSA) is 55.6 Å². The molecule has 1 aliphatic heterocycles. The first kappa shape index (κ1) is 13.8. The SMILES string of the molecule is COCCC1(CN2CCCC(C(N)=O)C2)CCC1. The number of carbonyl (C=O) groups is 1. The number of methoxy groups -OCH3 is 1. The number of rotatable bonds is 6. The molecule has 4 nitrogen and oxygen atoms in total. The average Bonchev–Trinajstić information content (AvgIpc) is 2.33. The van der Waals surface area contributed by atoms with E-state index in [1.165, 1.54) is 19.3 Å². The monoisotopic (exact) mass is 254 g/mol. The number of hydrogen-bond acceptors (Lipinski definition) is 3. The molecule has 1 aliphatic carbocycles. The van der Waals surface area contributed by atoms with Crippen LogP contribution in [0.15, 0.2) is 0 Å². The van der Waals surface area contributed by atoms with E-state index in [4.69, 9.17) is 10.5 Å². The summed E-state index contributed by atoms with van der Waals surface area (Å²) >= 11 is 0. The number of likely N-dealkylation sites (tertiary alicyclic amines) is 1. The van der Waals surface area contributed by atoms with Gasteiger partial charge in [-0.1, -0.05) is 6.42 Å². The van der Waals surface area contributed by atoms with E-state index in [9.17, 15) is 4.79 Å². The van der Waals surface area contributed by atoms with Crippen LogP contribution in [0.5, 0.6) is 0 Å². The molecule has 2 rings (SSSR count). The predicted octanol–water partition coefficient (Wildman–Crippen LogP) is 1.39. The van der Waals surface area contributed by atoms with Gasteiger partial charge in [0.1, 0.15) is 0 Å². The van der Waals surface area contributed by atoms with E-state index in [2.05, 4.69) is 4.90 Å². The van der Waals surface area contributed by atoms with Gasteiger partial charge in [-0.2, -0.15) is 0 Å². The molecule has 1 atom stereocenters. The summed E-state index contributed by atoms with van der Waals surface area (Å²) in [6, 6.07) is 0. The predicted molar refractivity (Wildman–Crippen MR) is 71.1 cm³/mol. The molecule has 2 fully saturated rings. The minimum absolute atomic E-state index is 0.0679. The van der Waals surface area contributed by atoms with E-state index in [0.29, 0.717) is 5.41 Å². The van der Waals surface area contributed by atoms with Gasteiger partial charge in [-0.15, -0.1) is 0 Å². The molecule has 18 heavy (non-hydrogen) atoms. The van der Waals surface area contributed by atoms with Crippen LogP contribution in [0.4, 0.5) is 0 Å². The first-order valence-electron chi connectivity index (χ1n) is 7.16. The molecule has 1 heterocycles. The van der Waals surface area contributed by atoms with Crippen molar-refractivity contribution in [3.05, 3.63) is 0 Å². The Kier molecular flexibility index (Phi) is 4.62. The Hall–Kier alpha value is -0.610. The van der Waals surface area contributed by atoms with Crippen molar-refractivity contribution >= 4 is 5.91 Å². The van der Waals surface area contributed by atoms with Gasteiger partial charge in [0.05, 0.1) is 5.92 Å². The second-order valence-electron chi connectivity index (χ2n) is 6.07. The molecule has 0 radical (unpaired) electrons. The molecule has 0 spiro atoms. The Labute approximate surface area is 110 Å². The zero-order chi connectivity index (χ0) is 13.0. The number of piperidine rings is 1. The lowest BCUT2D eigenvalue weighted by atomic mass is 9.66. The number of nitrogens with zero attached hydrogens (tertiary/aromatic N) is 1. The minimum atomic E-state index is -0.126. The highest BCUT2D eigenvalue weighted by atomic mass is 16.5. The van der Waals surface area contributed by atoms with Crippen molar-refractivity contribution in [2.75, 3.05) is 33.4 Å². The van der Waals surface area contributed by atoms with Crippen LogP contribution in [-0.2, 0) is 9.53 Å². The highest BCUT2D eigenvalue weighted by molar-refractivity contribution is 5.76. The Morgan fingerprint density at radius 3 is 2.78 bits per heavy atom. The molecule has 0 aromatic carbocycles. The van der Waals surface area contributed by atoms with Gasteiger partial charge in [-0.3, -0.25) is 4.79 Å². The van der Waals surface area contributed by atoms with Crippen molar-refractivity contribution in [1.82, 2.24) is 4.90 Å². The number of primary amides is 1. The van der Waals surface area contributed by atoms with Crippen molar-refractivity contribution in [1.29, 1.82) is 0 Å². The molecule has 0 aromatic rings. The van der Waals surface area contributed by atoms with Gasteiger partial charge in [0.2, 0.25) is 5.91 Å². The summed E-state index contributed by atoms with van der Waals surface area (Å²) in [7, 11) is 1.77. The van der Waals surface area contributed by atoms with Crippen LogP contribution in [0.2, 0.25) is 0 Å². The minimum Gasteiger partial charge on any atom is -0.385 e. The molecule has 1 saturated carbocycles. The van der Waals surface area contributed by atoms with Gasteiger partial charge in [0.15, 0.2) is 0 Å². The molecule has 1 saturated heterocycles. The molecule has 0 aromatic heterocycles. The lowest BCUT2D eigenvalue weighted by Gasteiger charge is -2.46. The molecule has 1 unspecified atom stereocenters. The molecular formula is C14H26N2O2. The van der Waals surface area contributed by atoms with Gasteiger partial charge in [-0.25, -0.2) is 0 Å². The van der Waals surface area contributed by atoms with Gasteiger partial charge in [0.25, 0.3) is 0 Å². The third-order valence-corrected chi connectivity index (χ3v) is 4.72. The normalized spacial score (nSPS) is 27.7. The maximum absolute atomic E-state index is 11.3. The molecular weight excluding hydrogens is 228 g/mol. The van der Waals surface area contributed by atoms with Gasteiger partial charge in [-0.05, 0) is 44.1 Å². The Bertz CT molecular complexity index is 290. The first-order chi connectivity index (χ1) is 8.65. The van der Waals surface area contributed by atoms with Crippen LogP contribution < -0.4 is 5.73 Å². The third kappa shape index (κ3) is 3.23. The molecule has 4 heteroatoms. The summed E-state index contributed by atoms with van der Waals surface area (Å²) in [6.07, 6.45) is 7.20. The fourth-order valence-electron chi connectivity index (χ4n) is 3.39. The van der Waals surface area contributed by atoms with Crippen molar-refractivity contribution < 1.29 is 9.53 Å². The molecule has 1 amide bonds. The zero-order valence-corrected chi connectivity index (χ0v) is 11.5. The van der Waals surface area contributed by atoms with Crippen molar-refractivity contribution in [3.8, 4) is 0 Å². The second-order valence-corrected chi connectivity index (χ2v) is 6.07. The molecule has 0 bridgehead atoms. The smallest absolute Gasteiger partial charge is 0.221 e. The second kappa shape index (κ2) is 6.02. The summed E-state index contributed by atoms with van der Waals surface area (Å²) in [4.78, 5) is 13.7. The summed E-state index contributed by atoms with van der Waals surface area (Å²) < 4.78 is 5.23. The van der Waals surface area contributed by atoms with E-state index < -0.39 is 0 Å². The van der Waals surface area contributed by atoms with Crippen LogP contribution in [0.25, 0.3) is 0 Å². The molecule has 2 N–H and O–H groups in total. The van der Waals surface area contributed by atoms with Crippen LogP contribution in [-0.4, -0.2) is 44.2 Å². The fourth-order valence-corrected chi connectivity index (χ4v) is 3.39.